The first kappa shape index (κ1) is 24.2. The molecule has 0 fully saturated rings. The van der Waals surface area contributed by atoms with E-state index in [0.717, 1.165) is 16.8 Å². The summed E-state index contributed by atoms with van der Waals surface area (Å²) in [6.07, 6.45) is 6.44. The lowest BCUT2D eigenvalue weighted by Gasteiger charge is -2.08. The largest absolute Gasteiger partial charge is 0.487 e. The number of aromatic nitrogens is 3. The number of ether oxygens (including phenoxy) is 1. The van der Waals surface area contributed by atoms with Gasteiger partial charge in [0.1, 0.15) is 18.1 Å². The van der Waals surface area contributed by atoms with Gasteiger partial charge in [0.2, 0.25) is 0 Å². The molecule has 176 valence electrons. The molecule has 0 saturated carbocycles. The number of nitrogens with one attached hydrogen (secondary N) is 3. The van der Waals surface area contributed by atoms with Gasteiger partial charge in [-0.2, -0.15) is 0 Å². The lowest BCUT2D eigenvalue weighted by atomic mass is 10.1. The second-order valence-corrected chi connectivity index (χ2v) is 7.24. The summed E-state index contributed by atoms with van der Waals surface area (Å²) in [7, 11) is 0. The van der Waals surface area contributed by atoms with Crippen LogP contribution in [0.15, 0.2) is 78.5 Å². The molecule has 0 radical (unpaired) electrons. The first-order chi connectivity index (χ1) is 16.5. The van der Waals surface area contributed by atoms with Gasteiger partial charge in [-0.05, 0) is 31.2 Å². The molecule has 10 heteroatoms. The van der Waals surface area contributed by atoms with Crippen LogP contribution in [0.5, 0.6) is 5.75 Å². The van der Waals surface area contributed by atoms with E-state index in [-0.39, 0.29) is 12.6 Å². The van der Waals surface area contributed by atoms with Crippen LogP contribution in [-0.4, -0.2) is 38.7 Å². The highest BCUT2D eigenvalue weighted by Gasteiger charge is 2.06. The van der Waals surface area contributed by atoms with Crippen molar-refractivity contribution in [1.82, 2.24) is 25.8 Å². The number of hydroxylamine groups is 1. The van der Waals surface area contributed by atoms with Crippen LogP contribution in [0.4, 0.5) is 10.5 Å². The van der Waals surface area contributed by atoms with Gasteiger partial charge in [0.25, 0.3) is 5.91 Å². The molecule has 0 unspecified atom stereocenters. The van der Waals surface area contributed by atoms with Crippen LogP contribution >= 0.6 is 0 Å². The fraction of sp³-hybridized carbons (Fsp3) is 0.167. The third-order valence-electron chi connectivity index (χ3n) is 4.53. The fourth-order valence-corrected chi connectivity index (χ4v) is 2.92. The summed E-state index contributed by atoms with van der Waals surface area (Å²) in [6, 6.07) is 16.4. The van der Waals surface area contributed by atoms with E-state index in [2.05, 4.69) is 20.9 Å². The molecular formula is C24H26N6O4. The van der Waals surface area contributed by atoms with E-state index in [0.29, 0.717) is 24.5 Å². The van der Waals surface area contributed by atoms with Crippen molar-refractivity contribution in [3.8, 4) is 5.75 Å². The quantitative estimate of drug-likeness (QED) is 0.158. The Bertz CT molecular complexity index is 1160. The highest BCUT2D eigenvalue weighted by atomic mass is 16.5. The summed E-state index contributed by atoms with van der Waals surface area (Å²) in [5.41, 5.74) is 4.54. The van der Waals surface area contributed by atoms with E-state index >= 15 is 0 Å². The maximum atomic E-state index is 11.9. The summed E-state index contributed by atoms with van der Waals surface area (Å²) < 4.78 is 7.54. The number of para-hydroxylation sites is 2. The Morgan fingerprint density at radius 3 is 2.65 bits per heavy atom. The summed E-state index contributed by atoms with van der Waals surface area (Å²) >= 11 is 0. The lowest BCUT2D eigenvalue weighted by molar-refractivity contribution is -0.124. The van der Waals surface area contributed by atoms with Crippen molar-refractivity contribution in [3.63, 3.8) is 0 Å². The monoisotopic (exact) mass is 462 g/mol. The molecule has 3 aromatic rings. The Labute approximate surface area is 196 Å². The van der Waals surface area contributed by atoms with Crippen LogP contribution in [-0.2, 0) is 17.9 Å². The molecule has 1 heterocycles. The SMILES string of the molecule is CC(/C=C/C(=O)NO)=C\c1ccccc1OCc1cn(CCNC(=O)Nc2ccccc2)nn1. The third kappa shape index (κ3) is 7.92. The molecule has 3 rings (SSSR count). The normalized spacial score (nSPS) is 11.3. The molecular weight excluding hydrogens is 436 g/mol. The number of hydrogen-bond donors (Lipinski definition) is 4. The van der Waals surface area contributed by atoms with E-state index in [1.54, 1.807) is 22.4 Å². The first-order valence-corrected chi connectivity index (χ1v) is 10.5. The number of rotatable bonds is 10. The van der Waals surface area contributed by atoms with Crippen LogP contribution in [0, 0.1) is 0 Å². The van der Waals surface area contributed by atoms with Crippen LogP contribution in [0.1, 0.15) is 18.2 Å². The third-order valence-corrected chi connectivity index (χ3v) is 4.53. The lowest BCUT2D eigenvalue weighted by Crippen LogP contribution is -2.31. The fourth-order valence-electron chi connectivity index (χ4n) is 2.92. The molecule has 0 bridgehead atoms. The summed E-state index contributed by atoms with van der Waals surface area (Å²) in [4.78, 5) is 23.1. The summed E-state index contributed by atoms with van der Waals surface area (Å²) in [6.45, 7) is 2.89. The number of benzene rings is 2. The van der Waals surface area contributed by atoms with Gasteiger partial charge in [0.05, 0.1) is 12.7 Å². The summed E-state index contributed by atoms with van der Waals surface area (Å²) in [5.74, 6) is 0.0445. The van der Waals surface area contributed by atoms with E-state index in [4.69, 9.17) is 9.94 Å². The van der Waals surface area contributed by atoms with Crippen molar-refractivity contribution < 1.29 is 19.5 Å². The van der Waals surface area contributed by atoms with Crippen LogP contribution in [0.25, 0.3) is 6.08 Å². The molecule has 0 aliphatic carbocycles. The molecule has 0 aliphatic rings. The molecule has 1 aromatic heterocycles. The molecule has 34 heavy (non-hydrogen) atoms. The maximum Gasteiger partial charge on any atom is 0.319 e. The molecule has 0 atom stereocenters. The Hall–Kier alpha value is -4.44. The van der Waals surface area contributed by atoms with Crippen molar-refractivity contribution in [2.75, 3.05) is 11.9 Å². The molecule has 0 saturated heterocycles. The Kier molecular flexibility index (Phi) is 8.94. The minimum atomic E-state index is -0.604. The van der Waals surface area contributed by atoms with E-state index in [1.165, 1.54) is 6.08 Å². The van der Waals surface area contributed by atoms with Crippen molar-refractivity contribution in [3.05, 3.63) is 89.8 Å². The van der Waals surface area contributed by atoms with Gasteiger partial charge in [0, 0.05) is 23.9 Å². The Morgan fingerprint density at radius 1 is 1.09 bits per heavy atom. The number of anilines is 1. The second-order valence-electron chi connectivity index (χ2n) is 7.24. The smallest absolute Gasteiger partial charge is 0.319 e. The molecule has 4 N–H and O–H groups in total. The average molecular weight is 463 g/mol. The van der Waals surface area contributed by atoms with E-state index in [1.807, 2.05) is 67.6 Å². The first-order valence-electron chi connectivity index (χ1n) is 10.5. The standard InChI is InChI=1S/C24H26N6O4/c1-18(11-12-23(31)28-33)15-19-7-5-6-10-22(19)34-17-21-16-30(29-27-21)14-13-25-24(32)26-20-8-3-2-4-9-20/h2-12,15-16,33H,13-14,17H2,1H3,(H,28,31)(H2,25,26,32)/b12-11+,18-15+. The van der Waals surface area contributed by atoms with Crippen LogP contribution in [0.3, 0.4) is 0 Å². The molecule has 10 nitrogen and oxygen atoms in total. The zero-order valence-electron chi connectivity index (χ0n) is 18.6. The van der Waals surface area contributed by atoms with Gasteiger partial charge in [-0.1, -0.05) is 53.3 Å². The Morgan fingerprint density at radius 2 is 1.85 bits per heavy atom. The number of amides is 3. The predicted molar refractivity (Wildman–Crippen MR) is 127 cm³/mol. The van der Waals surface area contributed by atoms with Gasteiger partial charge < -0.3 is 15.4 Å². The minimum Gasteiger partial charge on any atom is -0.487 e. The maximum absolute atomic E-state index is 11.9. The number of allylic oxidation sites excluding steroid dienone is 2. The Balaban J connectivity index is 1.49. The molecule has 3 amide bonds. The number of nitrogens with zero attached hydrogens (tertiary/aromatic N) is 3. The number of urea groups is 1. The van der Waals surface area contributed by atoms with Gasteiger partial charge in [-0.3, -0.25) is 14.7 Å². The number of carbonyl (C=O) groups is 2. The number of carbonyl (C=O) groups excluding carboxylic acids is 2. The van der Waals surface area contributed by atoms with Crippen molar-refractivity contribution in [2.24, 2.45) is 0 Å². The van der Waals surface area contributed by atoms with E-state index in [9.17, 15) is 9.59 Å². The van der Waals surface area contributed by atoms with Gasteiger partial charge in [-0.25, -0.2) is 10.3 Å². The van der Waals surface area contributed by atoms with Crippen molar-refractivity contribution >= 4 is 23.7 Å². The molecule has 0 spiro atoms. The zero-order chi connectivity index (χ0) is 24.2. The molecule has 2 aromatic carbocycles. The van der Waals surface area contributed by atoms with E-state index < -0.39 is 5.91 Å². The second kappa shape index (κ2) is 12.6. The topological polar surface area (TPSA) is 130 Å². The summed E-state index contributed by atoms with van der Waals surface area (Å²) in [5, 5.41) is 22.3. The average Bonchev–Trinajstić information content (AvgIpc) is 3.30. The number of hydrogen-bond acceptors (Lipinski definition) is 6. The van der Waals surface area contributed by atoms with Gasteiger partial charge in [-0.15, -0.1) is 5.10 Å². The zero-order valence-corrected chi connectivity index (χ0v) is 18.6. The predicted octanol–water partition coefficient (Wildman–Crippen LogP) is 3.14. The molecule has 0 aliphatic heterocycles. The van der Waals surface area contributed by atoms with Crippen LogP contribution < -0.4 is 20.9 Å². The van der Waals surface area contributed by atoms with Crippen molar-refractivity contribution in [1.29, 1.82) is 0 Å². The van der Waals surface area contributed by atoms with Crippen molar-refractivity contribution in [2.45, 2.75) is 20.1 Å². The van der Waals surface area contributed by atoms with Gasteiger partial charge in [0.15, 0.2) is 0 Å². The highest BCUT2D eigenvalue weighted by Crippen LogP contribution is 2.22. The van der Waals surface area contributed by atoms with Crippen LogP contribution in [0.2, 0.25) is 0 Å². The highest BCUT2D eigenvalue weighted by molar-refractivity contribution is 5.89. The van der Waals surface area contributed by atoms with Gasteiger partial charge >= 0.3 is 6.03 Å². The minimum absolute atomic E-state index is 0.217.